The van der Waals surface area contributed by atoms with Gasteiger partial charge in [0.1, 0.15) is 24.0 Å². The molecule has 2 N–H and O–H groups in total. The third-order valence-electron chi connectivity index (χ3n) is 5.34. The number of alkyl halides is 3. The fourth-order valence-electron chi connectivity index (χ4n) is 3.53. The van der Waals surface area contributed by atoms with E-state index in [1.54, 1.807) is 37.3 Å². The number of carbonyl (C=O) groups excluding carboxylic acids is 3. The van der Waals surface area contributed by atoms with E-state index in [4.69, 9.17) is 4.74 Å². The van der Waals surface area contributed by atoms with Crippen LogP contribution in [-0.4, -0.2) is 47.4 Å². The normalized spacial score (nSPS) is 11.9. The number of halogens is 4. The van der Waals surface area contributed by atoms with E-state index in [1.807, 2.05) is 0 Å². The highest BCUT2D eigenvalue weighted by Crippen LogP contribution is 2.37. The van der Waals surface area contributed by atoms with Gasteiger partial charge in [-0.05, 0) is 30.7 Å². The number of nitrogens with zero attached hydrogens (tertiary/aromatic N) is 2. The average Bonchev–Trinajstić information content (AvgIpc) is 3.34. The number of methoxy groups -OCH3 is 1. The summed E-state index contributed by atoms with van der Waals surface area (Å²) in [6.07, 6.45) is -5.09. The number of aromatic nitrogens is 2. The molecule has 0 spiro atoms. The molecule has 1 aromatic heterocycles. The summed E-state index contributed by atoms with van der Waals surface area (Å²) in [6.45, 7) is 1.08. The molecule has 3 aromatic rings. The minimum atomic E-state index is -4.76. The molecular formula is C25H24F4N4O5. The van der Waals surface area contributed by atoms with Gasteiger partial charge < -0.3 is 20.1 Å². The number of hydrogen-bond donors (Lipinski definition) is 2. The first-order valence-electron chi connectivity index (χ1n) is 11.3. The van der Waals surface area contributed by atoms with Crippen LogP contribution in [0.25, 0.3) is 11.3 Å². The predicted octanol–water partition coefficient (Wildman–Crippen LogP) is 3.93. The summed E-state index contributed by atoms with van der Waals surface area (Å²) in [5.74, 6) is -2.77. The van der Waals surface area contributed by atoms with Crippen LogP contribution in [0.4, 0.5) is 22.4 Å². The summed E-state index contributed by atoms with van der Waals surface area (Å²) < 4.78 is 65.6. The van der Waals surface area contributed by atoms with Gasteiger partial charge in [-0.3, -0.25) is 9.48 Å². The minimum absolute atomic E-state index is 0.0658. The van der Waals surface area contributed by atoms with Gasteiger partial charge in [0.05, 0.1) is 19.0 Å². The summed E-state index contributed by atoms with van der Waals surface area (Å²) >= 11 is 0. The van der Waals surface area contributed by atoms with E-state index >= 15 is 0 Å². The highest BCUT2D eigenvalue weighted by Gasteiger charge is 2.37. The third-order valence-corrected chi connectivity index (χ3v) is 5.34. The van der Waals surface area contributed by atoms with Gasteiger partial charge in [-0.1, -0.05) is 30.3 Å². The Kier molecular flexibility index (Phi) is 9.05. The molecule has 9 nitrogen and oxygen atoms in total. The van der Waals surface area contributed by atoms with E-state index in [1.165, 1.54) is 0 Å². The molecule has 0 saturated carbocycles. The minimum Gasteiger partial charge on any atom is -0.467 e. The summed E-state index contributed by atoms with van der Waals surface area (Å²) in [5.41, 5.74) is -1.31. The highest BCUT2D eigenvalue weighted by molar-refractivity contribution is 5.96. The Morgan fingerprint density at radius 2 is 1.82 bits per heavy atom. The lowest BCUT2D eigenvalue weighted by Gasteiger charge is -2.17. The van der Waals surface area contributed by atoms with E-state index in [-0.39, 0.29) is 24.3 Å². The van der Waals surface area contributed by atoms with Crippen molar-refractivity contribution in [2.45, 2.75) is 32.3 Å². The topological polar surface area (TPSA) is 112 Å². The molecule has 13 heteroatoms. The van der Waals surface area contributed by atoms with Gasteiger partial charge in [-0.25, -0.2) is 14.0 Å². The van der Waals surface area contributed by atoms with Gasteiger partial charge in [0.2, 0.25) is 0 Å². The van der Waals surface area contributed by atoms with Crippen LogP contribution >= 0.6 is 0 Å². The molecule has 0 radical (unpaired) electrons. The molecule has 202 valence electrons. The number of aryl methyl sites for hydroxylation is 1. The van der Waals surface area contributed by atoms with Crippen LogP contribution < -0.4 is 10.6 Å². The molecule has 0 bridgehead atoms. The van der Waals surface area contributed by atoms with Gasteiger partial charge >= 0.3 is 18.2 Å². The largest absolute Gasteiger partial charge is 0.467 e. The van der Waals surface area contributed by atoms with E-state index in [0.29, 0.717) is 11.8 Å². The SMILES string of the molecule is CCn1ncc(C(F)(F)F)c1-c1cc(F)cc(C(=O)NC[C@@H](NC(=O)OCc2ccccc2)C(=O)OC)c1. The maximum absolute atomic E-state index is 14.4. The van der Waals surface area contributed by atoms with Gasteiger partial charge in [0.15, 0.2) is 0 Å². The van der Waals surface area contributed by atoms with Crippen LogP contribution in [0.1, 0.15) is 28.4 Å². The number of ether oxygens (including phenoxy) is 2. The van der Waals surface area contributed by atoms with Gasteiger partial charge in [-0.15, -0.1) is 0 Å². The van der Waals surface area contributed by atoms with Crippen LogP contribution in [0.5, 0.6) is 0 Å². The Morgan fingerprint density at radius 1 is 1.11 bits per heavy atom. The standard InChI is InChI=1S/C25H24F4N4O5/c1-3-33-21(19(12-31-33)25(27,28)29)16-9-17(11-18(26)10-16)22(34)30-13-20(23(35)37-2)32-24(36)38-14-15-7-5-4-6-8-15/h4-12,20H,3,13-14H2,1-2H3,(H,30,34)(H,32,36)/t20-/m1/s1. The maximum atomic E-state index is 14.4. The fourth-order valence-corrected chi connectivity index (χ4v) is 3.53. The van der Waals surface area contributed by atoms with Gasteiger partial charge in [-0.2, -0.15) is 18.3 Å². The number of nitrogens with one attached hydrogen (secondary N) is 2. The Balaban J connectivity index is 1.74. The monoisotopic (exact) mass is 536 g/mol. The van der Waals surface area contributed by atoms with Crippen LogP contribution in [0.3, 0.4) is 0 Å². The van der Waals surface area contributed by atoms with Crippen LogP contribution in [0, 0.1) is 5.82 Å². The van der Waals surface area contributed by atoms with Crippen molar-refractivity contribution in [3.8, 4) is 11.3 Å². The number of esters is 1. The van der Waals surface area contributed by atoms with Crippen molar-refractivity contribution in [2.24, 2.45) is 0 Å². The van der Waals surface area contributed by atoms with Crippen LogP contribution in [0.2, 0.25) is 0 Å². The van der Waals surface area contributed by atoms with E-state index in [0.717, 1.165) is 30.0 Å². The predicted molar refractivity (Wildman–Crippen MR) is 126 cm³/mol. The Labute approximate surface area is 214 Å². The molecule has 0 aliphatic rings. The lowest BCUT2D eigenvalue weighted by molar-refractivity contribution is -0.142. The first kappa shape index (κ1) is 28.2. The molecule has 1 atom stereocenters. The molecule has 0 saturated heterocycles. The second-order valence-corrected chi connectivity index (χ2v) is 7.94. The van der Waals surface area contributed by atoms with Crippen molar-refractivity contribution in [1.82, 2.24) is 20.4 Å². The van der Waals surface area contributed by atoms with Crippen LogP contribution in [-0.2, 0) is 33.6 Å². The lowest BCUT2D eigenvalue weighted by Crippen LogP contribution is -2.49. The molecule has 2 amide bonds. The molecule has 0 aliphatic heterocycles. The zero-order valence-electron chi connectivity index (χ0n) is 20.3. The number of rotatable bonds is 9. The smallest absolute Gasteiger partial charge is 0.420 e. The Morgan fingerprint density at radius 3 is 2.45 bits per heavy atom. The summed E-state index contributed by atoms with van der Waals surface area (Å²) in [4.78, 5) is 37.0. The van der Waals surface area contributed by atoms with E-state index < -0.39 is 53.8 Å². The zero-order valence-corrected chi connectivity index (χ0v) is 20.3. The molecule has 38 heavy (non-hydrogen) atoms. The Bertz CT molecular complexity index is 1290. The van der Waals surface area contributed by atoms with Crippen molar-refractivity contribution in [2.75, 3.05) is 13.7 Å². The van der Waals surface area contributed by atoms with E-state index in [9.17, 15) is 31.9 Å². The third kappa shape index (κ3) is 7.08. The first-order valence-corrected chi connectivity index (χ1v) is 11.3. The molecule has 3 rings (SSSR count). The molecule has 2 aromatic carbocycles. The summed E-state index contributed by atoms with van der Waals surface area (Å²) in [6, 6.07) is 10.1. The van der Waals surface area contributed by atoms with Crippen molar-refractivity contribution < 1.29 is 41.4 Å². The first-order chi connectivity index (χ1) is 18.0. The lowest BCUT2D eigenvalue weighted by atomic mass is 10.0. The number of alkyl carbamates (subject to hydrolysis) is 1. The zero-order chi connectivity index (χ0) is 27.9. The van der Waals surface area contributed by atoms with Crippen LogP contribution in [0.15, 0.2) is 54.7 Å². The summed E-state index contributed by atoms with van der Waals surface area (Å²) in [5, 5.41) is 8.32. The molecule has 1 heterocycles. The second-order valence-electron chi connectivity index (χ2n) is 7.94. The van der Waals surface area contributed by atoms with Crippen molar-refractivity contribution >= 4 is 18.0 Å². The molecular weight excluding hydrogens is 512 g/mol. The van der Waals surface area contributed by atoms with Crippen molar-refractivity contribution in [3.05, 3.63) is 77.2 Å². The number of carbonyl (C=O) groups is 3. The van der Waals surface area contributed by atoms with Crippen molar-refractivity contribution in [1.29, 1.82) is 0 Å². The fraction of sp³-hybridized carbons (Fsp3) is 0.280. The van der Waals surface area contributed by atoms with E-state index in [2.05, 4.69) is 20.5 Å². The molecule has 0 fully saturated rings. The molecule has 0 aliphatic carbocycles. The maximum Gasteiger partial charge on any atom is 0.420 e. The summed E-state index contributed by atoms with van der Waals surface area (Å²) in [7, 11) is 1.07. The van der Waals surface area contributed by atoms with Gasteiger partial charge in [0.25, 0.3) is 5.91 Å². The van der Waals surface area contributed by atoms with Gasteiger partial charge in [0, 0.05) is 24.2 Å². The number of amides is 2. The highest BCUT2D eigenvalue weighted by atomic mass is 19.4. The molecule has 0 unspecified atom stereocenters. The van der Waals surface area contributed by atoms with Crippen molar-refractivity contribution in [3.63, 3.8) is 0 Å². The number of hydrogen-bond acceptors (Lipinski definition) is 6. The average molecular weight is 536 g/mol. The Hall–Kier alpha value is -4.42. The quantitative estimate of drug-likeness (QED) is 0.317. The second kappa shape index (κ2) is 12.2. The number of benzene rings is 2.